The molecule has 2 atom stereocenters. The summed E-state index contributed by atoms with van der Waals surface area (Å²) >= 11 is 0. The third-order valence-electron chi connectivity index (χ3n) is 4.30. The van der Waals surface area contributed by atoms with E-state index >= 15 is 0 Å². The SMILES string of the molecule is C1=C[C@@H]2CCCC[C@@H]2C/C(=C/c2ccccn2)C1. The van der Waals surface area contributed by atoms with Gasteiger partial charge in [0.05, 0.1) is 5.69 Å². The quantitative estimate of drug-likeness (QED) is 0.651. The molecule has 1 nitrogen and oxygen atoms in total. The normalized spacial score (nSPS) is 29.9. The summed E-state index contributed by atoms with van der Waals surface area (Å²) < 4.78 is 0. The van der Waals surface area contributed by atoms with E-state index in [9.17, 15) is 0 Å². The highest BCUT2D eigenvalue weighted by Gasteiger charge is 2.25. The van der Waals surface area contributed by atoms with Crippen LogP contribution in [0.3, 0.4) is 0 Å². The summed E-state index contributed by atoms with van der Waals surface area (Å²) in [4.78, 5) is 4.41. The van der Waals surface area contributed by atoms with Crippen LogP contribution in [0.5, 0.6) is 0 Å². The van der Waals surface area contributed by atoms with Crippen molar-refractivity contribution in [2.24, 2.45) is 11.8 Å². The van der Waals surface area contributed by atoms with Gasteiger partial charge >= 0.3 is 0 Å². The van der Waals surface area contributed by atoms with Crippen molar-refractivity contribution in [2.45, 2.75) is 38.5 Å². The van der Waals surface area contributed by atoms with Crippen molar-refractivity contribution in [3.8, 4) is 0 Å². The minimum absolute atomic E-state index is 0.841. The number of aromatic nitrogens is 1. The molecule has 1 aromatic heterocycles. The second-order valence-corrected chi connectivity index (χ2v) is 5.60. The molecule has 2 aliphatic rings. The number of pyridine rings is 1. The molecule has 1 heteroatoms. The summed E-state index contributed by atoms with van der Waals surface area (Å²) in [6.45, 7) is 0. The van der Waals surface area contributed by atoms with E-state index in [1.165, 1.54) is 32.1 Å². The predicted molar refractivity (Wildman–Crippen MR) is 76.0 cm³/mol. The van der Waals surface area contributed by atoms with Crippen molar-refractivity contribution < 1.29 is 0 Å². The van der Waals surface area contributed by atoms with Gasteiger partial charge in [0.2, 0.25) is 0 Å². The second-order valence-electron chi connectivity index (χ2n) is 5.60. The molecule has 1 aromatic rings. The van der Waals surface area contributed by atoms with Crippen LogP contribution in [-0.4, -0.2) is 4.98 Å². The van der Waals surface area contributed by atoms with Crippen LogP contribution >= 0.6 is 0 Å². The Balaban J connectivity index is 1.78. The van der Waals surface area contributed by atoms with Crippen molar-refractivity contribution in [1.29, 1.82) is 0 Å². The number of fused-ring (bicyclic) bond motifs is 1. The third kappa shape index (κ3) is 2.72. The van der Waals surface area contributed by atoms with Crippen LogP contribution in [0.1, 0.15) is 44.2 Å². The summed E-state index contributed by atoms with van der Waals surface area (Å²) in [5.74, 6) is 1.72. The first-order valence-electron chi connectivity index (χ1n) is 7.19. The summed E-state index contributed by atoms with van der Waals surface area (Å²) in [6.07, 6.45) is 17.1. The zero-order valence-corrected chi connectivity index (χ0v) is 10.9. The maximum Gasteiger partial charge on any atom is 0.0629 e. The first-order chi connectivity index (χ1) is 8.92. The first kappa shape index (κ1) is 11.7. The molecule has 0 amide bonds. The Morgan fingerprint density at radius 2 is 2.11 bits per heavy atom. The molecule has 0 spiro atoms. The Hall–Kier alpha value is -1.37. The number of hydrogen-bond donors (Lipinski definition) is 0. The molecular formula is C17H21N. The van der Waals surface area contributed by atoms with E-state index in [1.54, 1.807) is 5.57 Å². The fourth-order valence-corrected chi connectivity index (χ4v) is 3.35. The summed E-state index contributed by atoms with van der Waals surface area (Å²) in [5.41, 5.74) is 2.66. The Labute approximate surface area is 110 Å². The molecule has 0 aliphatic heterocycles. The molecular weight excluding hydrogens is 218 g/mol. The minimum Gasteiger partial charge on any atom is -0.257 e. The lowest BCUT2D eigenvalue weighted by Gasteiger charge is -2.28. The molecule has 18 heavy (non-hydrogen) atoms. The standard InChI is InChI=1S/C17H21N/c1-2-8-16-12-14(6-5-9-15(16)7-1)13-17-10-3-4-11-18-17/h3-5,9-11,13,15-16H,1-2,6-8,12H2/b14-13+/t15-,16+/m0/s1. The monoisotopic (exact) mass is 239 g/mol. The molecule has 0 radical (unpaired) electrons. The van der Waals surface area contributed by atoms with Gasteiger partial charge in [0.25, 0.3) is 0 Å². The van der Waals surface area contributed by atoms with E-state index < -0.39 is 0 Å². The zero-order chi connectivity index (χ0) is 12.2. The van der Waals surface area contributed by atoms with Gasteiger partial charge in [-0.1, -0.05) is 36.6 Å². The lowest BCUT2D eigenvalue weighted by Crippen LogP contribution is -2.17. The van der Waals surface area contributed by atoms with E-state index in [0.717, 1.165) is 24.0 Å². The van der Waals surface area contributed by atoms with Crippen LogP contribution in [-0.2, 0) is 0 Å². The Morgan fingerprint density at radius 3 is 3.00 bits per heavy atom. The van der Waals surface area contributed by atoms with Crippen molar-refractivity contribution in [1.82, 2.24) is 4.98 Å². The van der Waals surface area contributed by atoms with E-state index in [0.29, 0.717) is 0 Å². The van der Waals surface area contributed by atoms with Crippen molar-refractivity contribution in [3.05, 3.63) is 47.8 Å². The molecule has 0 saturated heterocycles. The topological polar surface area (TPSA) is 12.9 Å². The van der Waals surface area contributed by atoms with Crippen molar-refractivity contribution >= 4 is 6.08 Å². The number of nitrogens with zero attached hydrogens (tertiary/aromatic N) is 1. The molecule has 0 bridgehead atoms. The second kappa shape index (κ2) is 5.51. The van der Waals surface area contributed by atoms with Gasteiger partial charge in [-0.2, -0.15) is 0 Å². The Kier molecular flexibility index (Phi) is 3.59. The highest BCUT2D eigenvalue weighted by atomic mass is 14.6. The van der Waals surface area contributed by atoms with Gasteiger partial charge < -0.3 is 0 Å². The van der Waals surface area contributed by atoms with Crippen LogP contribution in [0.2, 0.25) is 0 Å². The molecule has 1 saturated carbocycles. The van der Waals surface area contributed by atoms with Crippen LogP contribution in [0, 0.1) is 11.8 Å². The van der Waals surface area contributed by atoms with Gasteiger partial charge in [0, 0.05) is 6.20 Å². The van der Waals surface area contributed by atoms with Gasteiger partial charge in [-0.15, -0.1) is 0 Å². The Bertz CT molecular complexity index is 444. The largest absolute Gasteiger partial charge is 0.257 e. The molecule has 0 aromatic carbocycles. The van der Waals surface area contributed by atoms with Gasteiger partial charge in [-0.25, -0.2) is 0 Å². The number of hydrogen-bond acceptors (Lipinski definition) is 1. The molecule has 1 fully saturated rings. The lowest BCUT2D eigenvalue weighted by molar-refractivity contribution is 0.285. The van der Waals surface area contributed by atoms with Crippen molar-refractivity contribution in [2.75, 3.05) is 0 Å². The first-order valence-corrected chi connectivity index (χ1v) is 7.19. The van der Waals surface area contributed by atoms with Crippen LogP contribution in [0.15, 0.2) is 42.1 Å². The average Bonchev–Trinajstić information content (AvgIpc) is 2.61. The fraction of sp³-hybridized carbons (Fsp3) is 0.471. The highest BCUT2D eigenvalue weighted by molar-refractivity contribution is 5.49. The lowest BCUT2D eigenvalue weighted by atomic mass is 9.77. The minimum atomic E-state index is 0.841. The average molecular weight is 239 g/mol. The maximum atomic E-state index is 4.41. The Morgan fingerprint density at radius 1 is 1.17 bits per heavy atom. The van der Waals surface area contributed by atoms with E-state index in [-0.39, 0.29) is 0 Å². The predicted octanol–water partition coefficient (Wildman–Crippen LogP) is 4.62. The number of rotatable bonds is 1. The summed E-state index contributed by atoms with van der Waals surface area (Å²) in [5, 5.41) is 0. The van der Waals surface area contributed by atoms with E-state index in [2.05, 4.69) is 35.3 Å². The van der Waals surface area contributed by atoms with Gasteiger partial charge in [-0.05, 0) is 55.7 Å². The molecule has 0 unspecified atom stereocenters. The van der Waals surface area contributed by atoms with Gasteiger partial charge in [0.1, 0.15) is 0 Å². The maximum absolute atomic E-state index is 4.41. The molecule has 1 heterocycles. The van der Waals surface area contributed by atoms with Crippen LogP contribution < -0.4 is 0 Å². The van der Waals surface area contributed by atoms with Crippen LogP contribution in [0.25, 0.3) is 6.08 Å². The molecule has 94 valence electrons. The third-order valence-corrected chi connectivity index (χ3v) is 4.30. The smallest absolute Gasteiger partial charge is 0.0629 e. The zero-order valence-electron chi connectivity index (χ0n) is 10.9. The summed E-state index contributed by atoms with van der Waals surface area (Å²) in [7, 11) is 0. The highest BCUT2D eigenvalue weighted by Crippen LogP contribution is 2.38. The fourth-order valence-electron chi connectivity index (χ4n) is 3.35. The number of allylic oxidation sites excluding steroid dienone is 3. The van der Waals surface area contributed by atoms with E-state index in [1.807, 2.05) is 12.3 Å². The summed E-state index contributed by atoms with van der Waals surface area (Å²) in [6, 6.07) is 6.14. The molecule has 0 N–H and O–H groups in total. The molecule has 3 rings (SSSR count). The molecule has 2 aliphatic carbocycles. The van der Waals surface area contributed by atoms with Crippen LogP contribution in [0.4, 0.5) is 0 Å². The van der Waals surface area contributed by atoms with Gasteiger partial charge in [0.15, 0.2) is 0 Å². The van der Waals surface area contributed by atoms with Gasteiger partial charge in [-0.3, -0.25) is 4.98 Å². The van der Waals surface area contributed by atoms with E-state index in [4.69, 9.17) is 0 Å². The van der Waals surface area contributed by atoms with Crippen molar-refractivity contribution in [3.63, 3.8) is 0 Å².